The van der Waals surface area contributed by atoms with Crippen molar-refractivity contribution in [1.82, 2.24) is 0 Å². The number of aryl methyl sites for hydroxylation is 1. The maximum Gasteiger partial charge on any atom is 0.339 e. The Hall–Kier alpha value is -2.93. The highest BCUT2D eigenvalue weighted by atomic mass is 35.5. The Morgan fingerprint density at radius 2 is 1.92 bits per heavy atom. The zero-order valence-electron chi connectivity index (χ0n) is 14.4. The van der Waals surface area contributed by atoms with Crippen LogP contribution in [0.15, 0.2) is 36.4 Å². The molecule has 0 heterocycles. The predicted octanol–water partition coefficient (Wildman–Crippen LogP) is 4.05. The number of hydrogen-bond donors (Lipinski definition) is 1. The number of halogens is 1. The van der Waals surface area contributed by atoms with Crippen molar-refractivity contribution in [3.05, 3.63) is 68.2 Å². The fourth-order valence-electron chi connectivity index (χ4n) is 2.23. The summed E-state index contributed by atoms with van der Waals surface area (Å²) in [6.07, 6.45) is -1.10. The summed E-state index contributed by atoms with van der Waals surface area (Å²) < 4.78 is 5.13. The molecule has 1 N–H and O–H groups in total. The number of nitro groups is 1. The number of nitro benzene ring substituents is 1. The topological polar surface area (TPSA) is 98.5 Å². The van der Waals surface area contributed by atoms with E-state index in [9.17, 15) is 19.7 Å². The average molecular weight is 377 g/mol. The van der Waals surface area contributed by atoms with Crippen molar-refractivity contribution in [2.75, 3.05) is 5.32 Å². The molecule has 0 aliphatic carbocycles. The number of ether oxygens (including phenoxy) is 1. The Morgan fingerprint density at radius 1 is 1.23 bits per heavy atom. The van der Waals surface area contributed by atoms with E-state index in [2.05, 4.69) is 5.32 Å². The molecule has 0 aliphatic rings. The standard InChI is InChI=1S/C18H17ClN2O5/c1-10-7-8-13(9-15(10)19)20-17(22)12(3)26-18(23)14-5-4-6-16(11(14)2)21(24)25/h4-9,12H,1-3H3,(H,20,22)/t12-/m1/s1. The molecule has 2 aromatic carbocycles. The second-order valence-electron chi connectivity index (χ2n) is 5.71. The molecular formula is C18H17ClN2O5. The van der Waals surface area contributed by atoms with Crippen LogP contribution in [0.3, 0.4) is 0 Å². The third-order valence-electron chi connectivity index (χ3n) is 3.81. The zero-order chi connectivity index (χ0) is 19.4. The average Bonchev–Trinajstić information content (AvgIpc) is 2.57. The van der Waals surface area contributed by atoms with Crippen LogP contribution in [-0.4, -0.2) is 22.9 Å². The SMILES string of the molecule is Cc1ccc(NC(=O)[C@@H](C)OC(=O)c2cccc([N+](=O)[O-])c2C)cc1Cl. The Morgan fingerprint density at radius 3 is 2.54 bits per heavy atom. The molecule has 7 nitrogen and oxygen atoms in total. The number of esters is 1. The number of carbonyl (C=O) groups is 2. The number of nitrogens with zero attached hydrogens (tertiary/aromatic N) is 1. The number of nitrogens with one attached hydrogen (secondary N) is 1. The molecule has 0 aromatic heterocycles. The van der Waals surface area contributed by atoms with Crippen LogP contribution in [0.4, 0.5) is 11.4 Å². The van der Waals surface area contributed by atoms with E-state index in [0.717, 1.165) is 5.56 Å². The number of carbonyl (C=O) groups excluding carboxylic acids is 2. The molecule has 0 unspecified atom stereocenters. The third kappa shape index (κ3) is 4.37. The minimum atomic E-state index is -1.10. The lowest BCUT2D eigenvalue weighted by Crippen LogP contribution is -2.30. The Bertz CT molecular complexity index is 882. The second kappa shape index (κ2) is 7.97. The lowest BCUT2D eigenvalue weighted by molar-refractivity contribution is -0.385. The zero-order valence-corrected chi connectivity index (χ0v) is 15.2. The molecule has 0 fully saturated rings. The van der Waals surface area contributed by atoms with Gasteiger partial charge in [-0.25, -0.2) is 4.79 Å². The largest absolute Gasteiger partial charge is 0.449 e. The van der Waals surface area contributed by atoms with Gasteiger partial charge < -0.3 is 10.1 Å². The van der Waals surface area contributed by atoms with E-state index in [1.165, 1.54) is 32.0 Å². The van der Waals surface area contributed by atoms with Crippen LogP contribution in [0.25, 0.3) is 0 Å². The fraction of sp³-hybridized carbons (Fsp3) is 0.222. The monoisotopic (exact) mass is 376 g/mol. The summed E-state index contributed by atoms with van der Waals surface area (Å²) in [5.41, 5.74) is 1.37. The van der Waals surface area contributed by atoms with Crippen LogP contribution in [0.2, 0.25) is 5.02 Å². The fourth-order valence-corrected chi connectivity index (χ4v) is 2.41. The van der Waals surface area contributed by atoms with Gasteiger partial charge in [-0.15, -0.1) is 0 Å². The van der Waals surface area contributed by atoms with Crippen LogP contribution in [0.5, 0.6) is 0 Å². The van der Waals surface area contributed by atoms with Crippen LogP contribution in [0.1, 0.15) is 28.4 Å². The van der Waals surface area contributed by atoms with E-state index in [1.807, 2.05) is 6.92 Å². The molecule has 1 atom stereocenters. The van der Waals surface area contributed by atoms with Gasteiger partial charge in [-0.3, -0.25) is 14.9 Å². The molecule has 1 amide bonds. The maximum absolute atomic E-state index is 12.3. The summed E-state index contributed by atoms with van der Waals surface area (Å²) in [6.45, 7) is 4.70. The smallest absolute Gasteiger partial charge is 0.339 e. The van der Waals surface area contributed by atoms with Gasteiger partial charge in [0, 0.05) is 22.3 Å². The van der Waals surface area contributed by atoms with Crippen molar-refractivity contribution < 1.29 is 19.2 Å². The second-order valence-corrected chi connectivity index (χ2v) is 6.11. The molecule has 2 rings (SSSR count). The van der Waals surface area contributed by atoms with Gasteiger partial charge >= 0.3 is 5.97 Å². The summed E-state index contributed by atoms with van der Waals surface area (Å²) in [4.78, 5) is 34.8. The van der Waals surface area contributed by atoms with E-state index >= 15 is 0 Å². The highest BCUT2D eigenvalue weighted by Gasteiger charge is 2.23. The third-order valence-corrected chi connectivity index (χ3v) is 4.22. The van der Waals surface area contributed by atoms with E-state index in [0.29, 0.717) is 10.7 Å². The van der Waals surface area contributed by atoms with Crippen molar-refractivity contribution in [2.45, 2.75) is 26.9 Å². The highest BCUT2D eigenvalue weighted by Crippen LogP contribution is 2.23. The summed E-state index contributed by atoms with van der Waals surface area (Å²) in [5, 5.41) is 14.1. The van der Waals surface area contributed by atoms with Crippen LogP contribution in [0, 0.1) is 24.0 Å². The first-order chi connectivity index (χ1) is 12.2. The molecule has 26 heavy (non-hydrogen) atoms. The van der Waals surface area contributed by atoms with Gasteiger partial charge in [-0.2, -0.15) is 0 Å². The van der Waals surface area contributed by atoms with Crippen molar-refractivity contribution in [1.29, 1.82) is 0 Å². The van der Waals surface area contributed by atoms with Gasteiger partial charge in [0.2, 0.25) is 0 Å². The van der Waals surface area contributed by atoms with Crippen molar-refractivity contribution in [3.8, 4) is 0 Å². The minimum absolute atomic E-state index is 0.0391. The normalized spacial score (nSPS) is 11.5. The van der Waals surface area contributed by atoms with Crippen molar-refractivity contribution in [2.24, 2.45) is 0 Å². The number of amides is 1. The van der Waals surface area contributed by atoms with E-state index in [4.69, 9.17) is 16.3 Å². The molecule has 0 saturated heterocycles. The minimum Gasteiger partial charge on any atom is -0.449 e. The van der Waals surface area contributed by atoms with E-state index in [1.54, 1.807) is 18.2 Å². The van der Waals surface area contributed by atoms with Crippen LogP contribution in [-0.2, 0) is 9.53 Å². The van der Waals surface area contributed by atoms with Gasteiger partial charge in [0.25, 0.3) is 11.6 Å². The molecule has 0 bridgehead atoms. The molecule has 2 aromatic rings. The number of benzene rings is 2. The van der Waals surface area contributed by atoms with Gasteiger partial charge in [0.1, 0.15) is 0 Å². The Kier molecular flexibility index (Phi) is 5.94. The molecule has 8 heteroatoms. The molecule has 0 radical (unpaired) electrons. The summed E-state index contributed by atoms with van der Waals surface area (Å²) >= 11 is 6.01. The Balaban J connectivity index is 2.09. The maximum atomic E-state index is 12.3. The lowest BCUT2D eigenvalue weighted by Gasteiger charge is -2.14. The predicted molar refractivity (Wildman–Crippen MR) is 97.5 cm³/mol. The molecule has 0 saturated carbocycles. The van der Waals surface area contributed by atoms with Crippen LogP contribution >= 0.6 is 11.6 Å². The molecular weight excluding hydrogens is 360 g/mol. The lowest BCUT2D eigenvalue weighted by atomic mass is 10.1. The van der Waals surface area contributed by atoms with E-state index < -0.39 is 22.9 Å². The van der Waals surface area contributed by atoms with E-state index in [-0.39, 0.29) is 16.8 Å². The molecule has 0 aliphatic heterocycles. The van der Waals surface area contributed by atoms with Crippen LogP contribution < -0.4 is 5.32 Å². The highest BCUT2D eigenvalue weighted by molar-refractivity contribution is 6.31. The summed E-state index contributed by atoms with van der Waals surface area (Å²) in [7, 11) is 0. The number of rotatable bonds is 5. The molecule has 136 valence electrons. The van der Waals surface area contributed by atoms with Gasteiger partial charge in [0.05, 0.1) is 10.5 Å². The first-order valence-electron chi connectivity index (χ1n) is 7.72. The van der Waals surface area contributed by atoms with Gasteiger partial charge in [0.15, 0.2) is 6.10 Å². The summed E-state index contributed by atoms with van der Waals surface area (Å²) in [5.74, 6) is -1.35. The van der Waals surface area contributed by atoms with Crippen molar-refractivity contribution >= 4 is 34.9 Å². The quantitative estimate of drug-likeness (QED) is 0.482. The van der Waals surface area contributed by atoms with Crippen molar-refractivity contribution in [3.63, 3.8) is 0 Å². The number of hydrogen-bond acceptors (Lipinski definition) is 5. The summed E-state index contributed by atoms with van der Waals surface area (Å²) in [6, 6.07) is 9.12. The Labute approximate surface area is 155 Å². The van der Waals surface area contributed by atoms with Gasteiger partial charge in [-0.05, 0) is 44.5 Å². The first-order valence-corrected chi connectivity index (χ1v) is 8.10. The first kappa shape index (κ1) is 19.4. The molecule has 0 spiro atoms. The van der Waals surface area contributed by atoms with Gasteiger partial charge in [-0.1, -0.05) is 23.7 Å². The number of anilines is 1.